The first-order valence-electron chi connectivity index (χ1n) is 10.3. The second-order valence-electron chi connectivity index (χ2n) is 7.44. The number of carbonyl (C=O) groups excluding carboxylic acids is 2. The Morgan fingerprint density at radius 3 is 2.47 bits per heavy atom. The summed E-state index contributed by atoms with van der Waals surface area (Å²) >= 11 is 27.3. The van der Waals surface area contributed by atoms with Gasteiger partial charge in [0.25, 0.3) is 11.8 Å². The highest BCUT2D eigenvalue weighted by Crippen LogP contribution is 2.37. The molecule has 184 valence electrons. The summed E-state index contributed by atoms with van der Waals surface area (Å²) in [6, 6.07) is 15.5. The molecule has 3 aromatic rings. The van der Waals surface area contributed by atoms with Crippen LogP contribution in [0, 0.1) is 0 Å². The highest BCUT2D eigenvalue weighted by atomic mass is 79.9. The maximum absolute atomic E-state index is 13.4. The SMILES string of the molecule is COc1cc(/C=C2\C(=O)NC(=S)N(c3cccc(Cl)c3Cl)C2=O)c(Br)cc1OCc1ccccc1Cl. The maximum Gasteiger partial charge on any atom is 0.270 e. The number of hydrogen-bond donors (Lipinski definition) is 1. The van der Waals surface area contributed by atoms with E-state index >= 15 is 0 Å². The molecule has 1 fully saturated rings. The van der Waals surface area contributed by atoms with Crippen molar-refractivity contribution in [1.29, 1.82) is 0 Å². The lowest BCUT2D eigenvalue weighted by atomic mass is 10.1. The van der Waals surface area contributed by atoms with Crippen molar-refractivity contribution in [3.8, 4) is 11.5 Å². The van der Waals surface area contributed by atoms with Crippen molar-refractivity contribution in [3.63, 3.8) is 0 Å². The van der Waals surface area contributed by atoms with E-state index in [0.29, 0.717) is 26.6 Å². The molecule has 1 aliphatic heterocycles. The summed E-state index contributed by atoms with van der Waals surface area (Å²) in [5, 5.41) is 3.38. The number of ether oxygens (including phenoxy) is 2. The Morgan fingerprint density at radius 2 is 1.75 bits per heavy atom. The monoisotopic (exact) mass is 624 g/mol. The molecule has 3 aromatic carbocycles. The van der Waals surface area contributed by atoms with Crippen molar-refractivity contribution in [2.45, 2.75) is 6.61 Å². The first kappa shape index (κ1) is 26.4. The van der Waals surface area contributed by atoms with Crippen LogP contribution in [0.5, 0.6) is 11.5 Å². The second kappa shape index (κ2) is 11.2. The zero-order chi connectivity index (χ0) is 26.0. The van der Waals surface area contributed by atoms with Gasteiger partial charge in [0.05, 0.1) is 22.8 Å². The molecule has 1 saturated heterocycles. The summed E-state index contributed by atoms with van der Waals surface area (Å²) in [6.45, 7) is 0.219. The summed E-state index contributed by atoms with van der Waals surface area (Å²) in [6.07, 6.45) is 1.43. The lowest BCUT2D eigenvalue weighted by Gasteiger charge is -2.29. The van der Waals surface area contributed by atoms with Crippen molar-refractivity contribution in [1.82, 2.24) is 5.32 Å². The van der Waals surface area contributed by atoms with Crippen LogP contribution in [0.4, 0.5) is 5.69 Å². The van der Waals surface area contributed by atoms with E-state index in [9.17, 15) is 9.59 Å². The standard InChI is InChI=1S/C25H16BrCl3N2O4S/c1-34-20-10-14(16(26)11-21(20)35-12-13-5-2-3-6-17(13)27)9-15-23(32)30-25(36)31(24(15)33)19-8-4-7-18(28)22(19)29/h2-11H,12H2,1H3,(H,30,32,36)/b15-9+. The summed E-state index contributed by atoms with van der Waals surface area (Å²) in [5.41, 5.74) is 1.40. The van der Waals surface area contributed by atoms with Crippen LogP contribution in [0.15, 0.2) is 64.6 Å². The number of nitrogens with one attached hydrogen (secondary N) is 1. The zero-order valence-corrected chi connectivity index (χ0v) is 23.2. The van der Waals surface area contributed by atoms with Gasteiger partial charge in [0.1, 0.15) is 12.2 Å². The van der Waals surface area contributed by atoms with Crippen LogP contribution in [0.1, 0.15) is 11.1 Å². The van der Waals surface area contributed by atoms with Crippen molar-refractivity contribution >= 4 is 91.6 Å². The summed E-state index contributed by atoms with van der Waals surface area (Å²) in [5.74, 6) is -0.465. The minimum atomic E-state index is -0.655. The van der Waals surface area contributed by atoms with Crippen molar-refractivity contribution < 1.29 is 19.1 Å². The van der Waals surface area contributed by atoms with Gasteiger partial charge in [-0.1, -0.05) is 75.0 Å². The van der Waals surface area contributed by atoms with Gasteiger partial charge in [0.2, 0.25) is 0 Å². The highest BCUT2D eigenvalue weighted by molar-refractivity contribution is 9.10. The van der Waals surface area contributed by atoms with E-state index in [4.69, 9.17) is 56.5 Å². The number of carbonyl (C=O) groups is 2. The predicted molar refractivity (Wildman–Crippen MR) is 149 cm³/mol. The number of nitrogens with zero attached hydrogens (tertiary/aromatic N) is 1. The van der Waals surface area contributed by atoms with E-state index in [2.05, 4.69) is 21.2 Å². The molecule has 0 unspecified atom stereocenters. The molecule has 2 amide bonds. The topological polar surface area (TPSA) is 67.9 Å². The van der Waals surface area contributed by atoms with Gasteiger partial charge >= 0.3 is 0 Å². The quantitative estimate of drug-likeness (QED) is 0.185. The molecular formula is C25H16BrCl3N2O4S. The number of rotatable bonds is 6. The van der Waals surface area contributed by atoms with Gasteiger partial charge in [-0.25, -0.2) is 0 Å². The number of thiocarbonyl (C=S) groups is 1. The Kier molecular flexibility index (Phi) is 8.22. The van der Waals surface area contributed by atoms with Crippen LogP contribution >= 0.6 is 63.0 Å². The van der Waals surface area contributed by atoms with Crippen LogP contribution < -0.4 is 19.7 Å². The van der Waals surface area contributed by atoms with Crippen LogP contribution in [-0.2, 0) is 16.2 Å². The van der Waals surface area contributed by atoms with Gasteiger partial charge in [-0.15, -0.1) is 0 Å². The third kappa shape index (κ3) is 5.38. The van der Waals surface area contributed by atoms with E-state index in [-0.39, 0.29) is 33.0 Å². The Morgan fingerprint density at radius 1 is 1.03 bits per heavy atom. The molecular weight excluding hydrogens is 611 g/mol. The maximum atomic E-state index is 13.4. The first-order chi connectivity index (χ1) is 17.2. The van der Waals surface area contributed by atoms with Crippen LogP contribution in [0.2, 0.25) is 15.1 Å². The second-order valence-corrected chi connectivity index (χ2v) is 9.87. The Labute approximate surface area is 235 Å². The highest BCUT2D eigenvalue weighted by Gasteiger charge is 2.36. The largest absolute Gasteiger partial charge is 0.493 e. The Balaban J connectivity index is 1.68. The molecule has 0 bridgehead atoms. The van der Waals surface area contributed by atoms with Gasteiger partial charge in [-0.2, -0.15) is 0 Å². The number of hydrogen-bond acceptors (Lipinski definition) is 5. The van der Waals surface area contributed by atoms with Crippen molar-refractivity contribution in [3.05, 3.63) is 90.8 Å². The molecule has 0 atom stereocenters. The van der Waals surface area contributed by atoms with Gasteiger partial charge in [0.15, 0.2) is 16.6 Å². The zero-order valence-electron chi connectivity index (χ0n) is 18.5. The fourth-order valence-corrected chi connectivity index (χ4v) is 4.68. The third-order valence-corrected chi connectivity index (χ3v) is 7.35. The number of methoxy groups -OCH3 is 1. The van der Waals surface area contributed by atoms with E-state index in [1.807, 2.05) is 18.2 Å². The average Bonchev–Trinajstić information content (AvgIpc) is 2.84. The number of benzene rings is 3. The molecule has 0 aliphatic carbocycles. The first-order valence-corrected chi connectivity index (χ1v) is 12.6. The molecule has 1 N–H and O–H groups in total. The average molecular weight is 627 g/mol. The Hall–Kier alpha value is -2.62. The third-order valence-electron chi connectivity index (χ3n) is 5.20. The molecule has 0 spiro atoms. The van der Waals surface area contributed by atoms with E-state index < -0.39 is 11.8 Å². The number of anilines is 1. The van der Waals surface area contributed by atoms with Gasteiger partial charge in [-0.05, 0) is 54.2 Å². The fraction of sp³-hybridized carbons (Fsp3) is 0.0800. The van der Waals surface area contributed by atoms with Crippen molar-refractivity contribution in [2.24, 2.45) is 0 Å². The normalized spacial score (nSPS) is 14.8. The fourth-order valence-electron chi connectivity index (χ4n) is 3.40. The summed E-state index contributed by atoms with van der Waals surface area (Å²) < 4.78 is 12.0. The molecule has 36 heavy (non-hydrogen) atoms. The molecule has 1 heterocycles. The molecule has 0 aromatic heterocycles. The summed E-state index contributed by atoms with van der Waals surface area (Å²) in [4.78, 5) is 27.2. The molecule has 6 nitrogen and oxygen atoms in total. The Bertz CT molecular complexity index is 1430. The molecule has 1 aliphatic rings. The van der Waals surface area contributed by atoms with E-state index in [0.717, 1.165) is 10.5 Å². The predicted octanol–water partition coefficient (Wildman–Crippen LogP) is 6.83. The molecule has 4 rings (SSSR count). The molecule has 0 saturated carbocycles. The van der Waals surface area contributed by atoms with Gasteiger partial charge in [-0.3, -0.25) is 19.8 Å². The minimum absolute atomic E-state index is 0.105. The van der Waals surface area contributed by atoms with Crippen molar-refractivity contribution in [2.75, 3.05) is 12.0 Å². The lowest BCUT2D eigenvalue weighted by Crippen LogP contribution is -2.54. The van der Waals surface area contributed by atoms with E-state index in [1.165, 1.54) is 13.2 Å². The van der Waals surface area contributed by atoms with Crippen LogP contribution in [0.3, 0.4) is 0 Å². The minimum Gasteiger partial charge on any atom is -0.493 e. The summed E-state index contributed by atoms with van der Waals surface area (Å²) in [7, 11) is 1.49. The smallest absolute Gasteiger partial charge is 0.270 e. The van der Waals surface area contributed by atoms with Crippen LogP contribution in [-0.4, -0.2) is 24.0 Å². The number of amides is 2. The van der Waals surface area contributed by atoms with Gasteiger partial charge < -0.3 is 9.47 Å². The molecule has 0 radical (unpaired) electrons. The number of halogens is 4. The molecule has 11 heteroatoms. The van der Waals surface area contributed by atoms with Gasteiger partial charge in [0, 0.05) is 15.1 Å². The lowest BCUT2D eigenvalue weighted by molar-refractivity contribution is -0.122. The van der Waals surface area contributed by atoms with E-state index in [1.54, 1.807) is 36.4 Å². The van der Waals surface area contributed by atoms with Crippen LogP contribution in [0.25, 0.3) is 6.08 Å².